The molecule has 0 atom stereocenters. The molecule has 128 valence electrons. The maximum Gasteiger partial charge on any atom is 0.270 e. The van der Waals surface area contributed by atoms with E-state index in [2.05, 4.69) is 23.2 Å². The number of aryl methyl sites for hydroxylation is 2. The average Bonchev–Trinajstić information content (AvgIpc) is 3.38. The lowest BCUT2D eigenvalue weighted by Gasteiger charge is -2.23. The zero-order valence-corrected chi connectivity index (χ0v) is 14.8. The second-order valence-corrected chi connectivity index (χ2v) is 7.08. The van der Waals surface area contributed by atoms with Gasteiger partial charge >= 0.3 is 0 Å². The molecule has 0 saturated heterocycles. The number of carbonyl (C=O) groups is 1. The van der Waals surface area contributed by atoms with Crippen LogP contribution in [0.1, 0.15) is 34.6 Å². The lowest BCUT2D eigenvalue weighted by atomic mass is 10.2. The molecule has 0 unspecified atom stereocenters. The number of carbonyl (C=O) groups excluding carboxylic acids is 1. The summed E-state index contributed by atoms with van der Waals surface area (Å²) in [4.78, 5) is 19.6. The fourth-order valence-corrected chi connectivity index (χ4v) is 3.30. The topological polar surface area (TPSA) is 38.1 Å². The van der Waals surface area contributed by atoms with Crippen molar-refractivity contribution in [2.24, 2.45) is 13.0 Å². The lowest BCUT2D eigenvalue weighted by molar-refractivity contribution is 0.0725. The Labute approximate surface area is 148 Å². The minimum Gasteiger partial charge on any atom is -0.340 e. The van der Waals surface area contributed by atoms with Gasteiger partial charge in [0.15, 0.2) is 0 Å². The number of rotatable bonds is 5. The number of benzene rings is 1. The van der Waals surface area contributed by atoms with E-state index in [1.165, 1.54) is 12.8 Å². The molecule has 4 heteroatoms. The van der Waals surface area contributed by atoms with Gasteiger partial charge in [0.05, 0.1) is 0 Å². The van der Waals surface area contributed by atoms with Crippen LogP contribution in [0, 0.1) is 12.8 Å². The molecule has 2 heterocycles. The molecule has 2 aromatic heterocycles. The summed E-state index contributed by atoms with van der Waals surface area (Å²) in [5.74, 6) is 0.753. The van der Waals surface area contributed by atoms with E-state index in [1.54, 1.807) is 0 Å². The molecule has 4 rings (SSSR count). The van der Waals surface area contributed by atoms with E-state index in [0.29, 0.717) is 12.5 Å². The highest BCUT2D eigenvalue weighted by atomic mass is 16.2. The van der Waals surface area contributed by atoms with Crippen molar-refractivity contribution < 1.29 is 4.79 Å². The van der Waals surface area contributed by atoms with Gasteiger partial charge in [-0.25, -0.2) is 0 Å². The van der Waals surface area contributed by atoms with Crippen LogP contribution in [0.2, 0.25) is 0 Å². The summed E-state index contributed by atoms with van der Waals surface area (Å²) in [7, 11) is 1.97. The van der Waals surface area contributed by atoms with Crippen molar-refractivity contribution >= 4 is 16.8 Å². The summed E-state index contributed by atoms with van der Waals surface area (Å²) < 4.78 is 2.00. The van der Waals surface area contributed by atoms with E-state index < -0.39 is 0 Å². The third kappa shape index (κ3) is 3.29. The number of amides is 1. The fourth-order valence-electron chi connectivity index (χ4n) is 3.30. The monoisotopic (exact) mass is 333 g/mol. The Morgan fingerprint density at radius 2 is 2.04 bits per heavy atom. The van der Waals surface area contributed by atoms with Crippen LogP contribution in [-0.4, -0.2) is 26.9 Å². The van der Waals surface area contributed by atoms with Gasteiger partial charge in [-0.2, -0.15) is 0 Å². The molecule has 1 aliphatic rings. The number of hydrogen-bond donors (Lipinski definition) is 0. The van der Waals surface area contributed by atoms with Crippen LogP contribution in [0.3, 0.4) is 0 Å². The molecular formula is C21H23N3O. The first-order valence-corrected chi connectivity index (χ1v) is 8.87. The number of aromatic nitrogens is 2. The molecule has 1 fully saturated rings. The molecular weight excluding hydrogens is 310 g/mol. The molecule has 3 aromatic rings. The van der Waals surface area contributed by atoms with Gasteiger partial charge in [-0.05, 0) is 49.4 Å². The first-order valence-electron chi connectivity index (χ1n) is 8.87. The summed E-state index contributed by atoms with van der Waals surface area (Å²) in [5, 5.41) is 1.11. The third-order valence-electron chi connectivity index (χ3n) is 4.98. The smallest absolute Gasteiger partial charge is 0.270 e. The minimum atomic E-state index is 0.103. The molecule has 1 aliphatic carbocycles. The largest absolute Gasteiger partial charge is 0.340 e. The highest BCUT2D eigenvalue weighted by Gasteiger charge is 2.28. The van der Waals surface area contributed by atoms with Gasteiger partial charge in [0.2, 0.25) is 0 Å². The van der Waals surface area contributed by atoms with Gasteiger partial charge in [0.25, 0.3) is 5.91 Å². The number of pyridine rings is 1. The predicted molar refractivity (Wildman–Crippen MR) is 99.4 cm³/mol. The van der Waals surface area contributed by atoms with Crippen LogP contribution in [0.15, 0.2) is 48.7 Å². The predicted octanol–water partition coefficient (Wildman–Crippen LogP) is 3.93. The fraction of sp³-hybridized carbons (Fsp3) is 0.333. The maximum absolute atomic E-state index is 13.3. The van der Waals surface area contributed by atoms with Gasteiger partial charge in [0.1, 0.15) is 5.69 Å². The highest BCUT2D eigenvalue weighted by molar-refractivity contribution is 5.98. The van der Waals surface area contributed by atoms with Gasteiger partial charge in [-0.15, -0.1) is 0 Å². The summed E-state index contributed by atoms with van der Waals surface area (Å²) >= 11 is 0. The molecule has 1 saturated carbocycles. The number of hydrogen-bond acceptors (Lipinski definition) is 2. The molecule has 0 radical (unpaired) electrons. The first kappa shape index (κ1) is 15.9. The van der Waals surface area contributed by atoms with Gasteiger partial charge in [-0.3, -0.25) is 9.78 Å². The number of fused-ring (bicyclic) bond motifs is 1. The van der Waals surface area contributed by atoms with E-state index in [4.69, 9.17) is 0 Å². The third-order valence-corrected chi connectivity index (χ3v) is 4.98. The molecule has 4 nitrogen and oxygen atoms in total. The SMILES string of the molecule is Cc1ccc(CN(CC2CC2)C(=O)c2cc3ccccc3n2C)cn1. The first-order chi connectivity index (χ1) is 12.1. The molecule has 25 heavy (non-hydrogen) atoms. The summed E-state index contributed by atoms with van der Waals surface area (Å²) in [6, 6.07) is 14.2. The normalized spacial score (nSPS) is 14.0. The number of para-hydroxylation sites is 1. The van der Waals surface area contributed by atoms with E-state index in [1.807, 2.05) is 53.9 Å². The van der Waals surface area contributed by atoms with Crippen molar-refractivity contribution in [1.82, 2.24) is 14.5 Å². The lowest BCUT2D eigenvalue weighted by Crippen LogP contribution is -2.33. The van der Waals surface area contributed by atoms with Crippen molar-refractivity contribution in [3.05, 3.63) is 65.6 Å². The Balaban J connectivity index is 1.64. The summed E-state index contributed by atoms with van der Waals surface area (Å²) in [6.45, 7) is 3.42. The molecule has 1 aromatic carbocycles. The highest BCUT2D eigenvalue weighted by Crippen LogP contribution is 2.31. The second kappa shape index (κ2) is 6.36. The van der Waals surface area contributed by atoms with Crippen LogP contribution in [-0.2, 0) is 13.6 Å². The van der Waals surface area contributed by atoms with Crippen molar-refractivity contribution in [2.75, 3.05) is 6.54 Å². The Morgan fingerprint density at radius 3 is 2.72 bits per heavy atom. The van der Waals surface area contributed by atoms with Gasteiger partial charge in [-0.1, -0.05) is 24.3 Å². The van der Waals surface area contributed by atoms with Crippen LogP contribution in [0.25, 0.3) is 10.9 Å². The van der Waals surface area contributed by atoms with E-state index >= 15 is 0 Å². The molecule has 1 amide bonds. The van der Waals surface area contributed by atoms with Crippen LogP contribution in [0.4, 0.5) is 0 Å². The Bertz CT molecular complexity index is 907. The van der Waals surface area contributed by atoms with Crippen molar-refractivity contribution in [3.63, 3.8) is 0 Å². The van der Waals surface area contributed by atoms with Gasteiger partial charge in [0, 0.05) is 42.9 Å². The van der Waals surface area contributed by atoms with E-state index in [0.717, 1.165) is 34.4 Å². The van der Waals surface area contributed by atoms with Crippen LogP contribution in [0.5, 0.6) is 0 Å². The van der Waals surface area contributed by atoms with Gasteiger partial charge < -0.3 is 9.47 Å². The second-order valence-electron chi connectivity index (χ2n) is 7.08. The Hall–Kier alpha value is -2.62. The quantitative estimate of drug-likeness (QED) is 0.709. The average molecular weight is 333 g/mol. The molecule has 0 spiro atoms. The maximum atomic E-state index is 13.3. The standard InChI is InChI=1S/C21H23N3O/c1-15-7-8-17(12-22-15)14-24(13-16-9-10-16)21(25)20-11-18-5-3-4-6-19(18)23(20)2/h3-8,11-12,16H,9-10,13-14H2,1-2H3. The van der Waals surface area contributed by atoms with E-state index in [-0.39, 0.29) is 5.91 Å². The molecule has 0 bridgehead atoms. The van der Waals surface area contributed by atoms with Crippen LogP contribution >= 0.6 is 0 Å². The zero-order chi connectivity index (χ0) is 17.4. The van der Waals surface area contributed by atoms with E-state index in [9.17, 15) is 4.79 Å². The molecule has 0 aliphatic heterocycles. The Morgan fingerprint density at radius 1 is 1.24 bits per heavy atom. The summed E-state index contributed by atoms with van der Waals surface area (Å²) in [5.41, 5.74) is 3.92. The van der Waals surface area contributed by atoms with Crippen LogP contribution < -0.4 is 0 Å². The Kier molecular flexibility index (Phi) is 4.04. The minimum absolute atomic E-state index is 0.103. The van der Waals surface area contributed by atoms with Crippen molar-refractivity contribution in [2.45, 2.75) is 26.3 Å². The van der Waals surface area contributed by atoms with Crippen molar-refractivity contribution in [3.8, 4) is 0 Å². The van der Waals surface area contributed by atoms with Crippen molar-refractivity contribution in [1.29, 1.82) is 0 Å². The summed E-state index contributed by atoms with van der Waals surface area (Å²) in [6.07, 6.45) is 4.33. The zero-order valence-electron chi connectivity index (χ0n) is 14.8. The number of nitrogens with zero attached hydrogens (tertiary/aromatic N) is 3. The molecule has 0 N–H and O–H groups in total.